The van der Waals surface area contributed by atoms with Gasteiger partial charge in [-0.3, -0.25) is 10.1 Å². The number of fused-ring (bicyclic) bond motifs is 3. The molecule has 0 spiro atoms. The molecular weight excluding hydrogens is 376 g/mol. The van der Waals surface area contributed by atoms with Crippen molar-refractivity contribution in [3.63, 3.8) is 0 Å². The summed E-state index contributed by atoms with van der Waals surface area (Å²) in [6, 6.07) is 13.2. The zero-order chi connectivity index (χ0) is 20.9. The molecule has 0 amide bonds. The van der Waals surface area contributed by atoms with Crippen LogP contribution in [0.5, 0.6) is 5.75 Å². The van der Waals surface area contributed by atoms with E-state index in [1.165, 1.54) is 31.2 Å². The van der Waals surface area contributed by atoms with E-state index in [0.717, 1.165) is 36.4 Å². The van der Waals surface area contributed by atoms with Gasteiger partial charge in [0.1, 0.15) is 5.75 Å². The number of allylic oxidation sites excluding steroid dienone is 2. The average Bonchev–Trinajstić information content (AvgIpc) is 3.26. The molecule has 2 aliphatic rings. The zero-order valence-electron chi connectivity index (χ0n) is 17.5. The summed E-state index contributed by atoms with van der Waals surface area (Å²) in [5.74, 6) is 1.43. The fraction of sp³-hybridized carbons (Fsp3) is 0.440. The normalized spacial score (nSPS) is 21.6. The summed E-state index contributed by atoms with van der Waals surface area (Å²) in [7, 11) is 0. The minimum atomic E-state index is -0.276. The highest BCUT2D eigenvalue weighted by Gasteiger charge is 2.40. The minimum Gasteiger partial charge on any atom is -0.494 e. The first-order valence-corrected chi connectivity index (χ1v) is 11.1. The van der Waals surface area contributed by atoms with E-state index in [4.69, 9.17) is 4.74 Å². The van der Waals surface area contributed by atoms with Crippen molar-refractivity contribution in [3.05, 3.63) is 75.9 Å². The van der Waals surface area contributed by atoms with Gasteiger partial charge in [0.05, 0.1) is 23.1 Å². The van der Waals surface area contributed by atoms with Gasteiger partial charge in [0.15, 0.2) is 0 Å². The quantitative estimate of drug-likeness (QED) is 0.216. The molecule has 1 heterocycles. The standard InChI is InChI=1S/C25H30N2O3/c1-2-3-4-5-8-16-30-18-14-15-23-22(17-18)19-11-9-12-20(19)25(26-23)21-10-6-7-13-24(21)27(28)29/h6-7,9-11,13-15,17,19-20,25-26H,2-5,8,12,16H2,1H3. The summed E-state index contributed by atoms with van der Waals surface area (Å²) in [4.78, 5) is 11.3. The molecular formula is C25H30N2O3. The van der Waals surface area contributed by atoms with Crippen LogP contribution in [0.2, 0.25) is 0 Å². The number of para-hydroxylation sites is 1. The summed E-state index contributed by atoms with van der Waals surface area (Å²) in [5.41, 5.74) is 3.22. The van der Waals surface area contributed by atoms with Gasteiger partial charge in [0.2, 0.25) is 0 Å². The molecule has 1 aliphatic carbocycles. The van der Waals surface area contributed by atoms with Crippen molar-refractivity contribution < 1.29 is 9.66 Å². The van der Waals surface area contributed by atoms with Crippen molar-refractivity contribution in [2.24, 2.45) is 5.92 Å². The topological polar surface area (TPSA) is 64.4 Å². The Morgan fingerprint density at radius 3 is 2.77 bits per heavy atom. The highest BCUT2D eigenvalue weighted by Crippen LogP contribution is 2.51. The summed E-state index contributed by atoms with van der Waals surface area (Å²) < 4.78 is 6.02. The van der Waals surface area contributed by atoms with Gasteiger partial charge >= 0.3 is 0 Å². The first-order valence-electron chi connectivity index (χ1n) is 11.1. The lowest BCUT2D eigenvalue weighted by atomic mass is 9.76. The Morgan fingerprint density at radius 2 is 1.93 bits per heavy atom. The number of rotatable bonds is 9. The Kier molecular flexibility index (Phi) is 6.36. The lowest BCUT2D eigenvalue weighted by Gasteiger charge is -2.37. The van der Waals surface area contributed by atoms with E-state index in [1.807, 2.05) is 18.2 Å². The van der Waals surface area contributed by atoms with E-state index in [0.29, 0.717) is 0 Å². The van der Waals surface area contributed by atoms with E-state index in [1.54, 1.807) is 12.1 Å². The Bertz CT molecular complexity index is 924. The minimum absolute atomic E-state index is 0.0792. The number of nitrogens with one attached hydrogen (secondary N) is 1. The van der Waals surface area contributed by atoms with E-state index in [-0.39, 0.29) is 28.5 Å². The van der Waals surface area contributed by atoms with Gasteiger partial charge in [-0.05, 0) is 42.5 Å². The molecule has 30 heavy (non-hydrogen) atoms. The summed E-state index contributed by atoms with van der Waals surface area (Å²) >= 11 is 0. The number of nitro benzene ring substituents is 1. The third kappa shape index (κ3) is 4.20. The molecule has 3 unspecified atom stereocenters. The lowest BCUT2D eigenvalue weighted by Crippen LogP contribution is -2.29. The summed E-state index contributed by atoms with van der Waals surface area (Å²) in [6.07, 6.45) is 11.5. The maximum atomic E-state index is 11.6. The predicted octanol–water partition coefficient (Wildman–Crippen LogP) is 6.77. The maximum Gasteiger partial charge on any atom is 0.274 e. The zero-order valence-corrected chi connectivity index (χ0v) is 17.5. The van der Waals surface area contributed by atoms with Crippen molar-refractivity contribution in [3.8, 4) is 5.75 Å². The molecule has 2 aromatic carbocycles. The molecule has 0 fully saturated rings. The van der Waals surface area contributed by atoms with Gasteiger partial charge in [-0.1, -0.05) is 63.0 Å². The number of nitro groups is 1. The van der Waals surface area contributed by atoms with Crippen LogP contribution >= 0.6 is 0 Å². The summed E-state index contributed by atoms with van der Waals surface area (Å²) in [5, 5.41) is 15.2. The van der Waals surface area contributed by atoms with Crippen molar-refractivity contribution in [1.82, 2.24) is 0 Å². The van der Waals surface area contributed by atoms with Crippen LogP contribution in [0, 0.1) is 16.0 Å². The van der Waals surface area contributed by atoms with E-state index >= 15 is 0 Å². The van der Waals surface area contributed by atoms with E-state index in [2.05, 4.69) is 36.5 Å². The Hall–Kier alpha value is -2.82. The first-order chi connectivity index (χ1) is 14.7. The second kappa shape index (κ2) is 9.33. The second-order valence-electron chi connectivity index (χ2n) is 8.30. The monoisotopic (exact) mass is 406 g/mol. The molecule has 2 aromatic rings. The molecule has 5 heteroatoms. The molecule has 4 rings (SSSR count). The van der Waals surface area contributed by atoms with Gasteiger partial charge in [-0.2, -0.15) is 0 Å². The van der Waals surface area contributed by atoms with Crippen LogP contribution in [0.15, 0.2) is 54.6 Å². The molecule has 0 saturated carbocycles. The van der Waals surface area contributed by atoms with Crippen LogP contribution in [0.3, 0.4) is 0 Å². The van der Waals surface area contributed by atoms with E-state index < -0.39 is 0 Å². The number of benzene rings is 2. The second-order valence-corrected chi connectivity index (χ2v) is 8.30. The number of nitrogens with zero attached hydrogens (tertiary/aromatic N) is 1. The maximum absolute atomic E-state index is 11.6. The molecule has 5 nitrogen and oxygen atoms in total. The van der Waals surface area contributed by atoms with Gasteiger partial charge in [0.25, 0.3) is 5.69 Å². The predicted molar refractivity (Wildman–Crippen MR) is 120 cm³/mol. The number of ether oxygens (including phenoxy) is 1. The SMILES string of the molecule is CCCCCCCOc1ccc2c(c1)C1C=CCC1C(c1ccccc1[N+](=O)[O-])N2. The van der Waals surface area contributed by atoms with Gasteiger partial charge in [0, 0.05) is 17.7 Å². The number of hydrogen-bond acceptors (Lipinski definition) is 4. The van der Waals surface area contributed by atoms with Crippen LogP contribution in [0.4, 0.5) is 11.4 Å². The highest BCUT2D eigenvalue weighted by atomic mass is 16.6. The third-order valence-corrected chi connectivity index (χ3v) is 6.32. The van der Waals surface area contributed by atoms with Gasteiger partial charge in [-0.15, -0.1) is 0 Å². The van der Waals surface area contributed by atoms with Crippen molar-refractivity contribution in [2.75, 3.05) is 11.9 Å². The van der Waals surface area contributed by atoms with E-state index in [9.17, 15) is 10.1 Å². The smallest absolute Gasteiger partial charge is 0.274 e. The van der Waals surface area contributed by atoms with Gasteiger partial charge < -0.3 is 10.1 Å². The molecule has 158 valence electrons. The molecule has 0 saturated heterocycles. The number of unbranched alkanes of at least 4 members (excludes halogenated alkanes) is 4. The van der Waals surface area contributed by atoms with Crippen LogP contribution in [-0.4, -0.2) is 11.5 Å². The fourth-order valence-electron chi connectivity index (χ4n) is 4.78. The molecule has 0 radical (unpaired) electrons. The first kappa shape index (κ1) is 20.5. The molecule has 3 atom stereocenters. The average molecular weight is 407 g/mol. The van der Waals surface area contributed by atoms with Gasteiger partial charge in [-0.25, -0.2) is 0 Å². The number of hydrogen-bond donors (Lipinski definition) is 1. The lowest BCUT2D eigenvalue weighted by molar-refractivity contribution is -0.385. The largest absolute Gasteiger partial charge is 0.494 e. The van der Waals surface area contributed by atoms with Crippen molar-refractivity contribution >= 4 is 11.4 Å². The highest BCUT2D eigenvalue weighted by molar-refractivity contribution is 5.63. The Labute approximate surface area is 178 Å². The number of anilines is 1. The third-order valence-electron chi connectivity index (χ3n) is 6.32. The van der Waals surface area contributed by atoms with Crippen LogP contribution in [-0.2, 0) is 0 Å². The molecule has 0 bridgehead atoms. The van der Waals surface area contributed by atoms with Crippen LogP contribution in [0.25, 0.3) is 0 Å². The van der Waals surface area contributed by atoms with Crippen molar-refractivity contribution in [1.29, 1.82) is 0 Å². The summed E-state index contributed by atoms with van der Waals surface area (Å²) in [6.45, 7) is 2.97. The van der Waals surface area contributed by atoms with Crippen molar-refractivity contribution in [2.45, 2.75) is 57.4 Å². The Balaban J connectivity index is 1.52. The Morgan fingerprint density at radius 1 is 1.10 bits per heavy atom. The van der Waals surface area contributed by atoms with Crippen LogP contribution < -0.4 is 10.1 Å². The molecule has 1 N–H and O–H groups in total. The van der Waals surface area contributed by atoms with Crippen LogP contribution in [0.1, 0.15) is 68.5 Å². The molecule has 0 aromatic heterocycles. The molecule has 1 aliphatic heterocycles. The fourth-order valence-corrected chi connectivity index (χ4v) is 4.78.